The minimum atomic E-state index is -0.592. The van der Waals surface area contributed by atoms with Crippen molar-refractivity contribution in [2.45, 2.75) is 31.2 Å². The number of likely N-dealkylation sites (tertiary alicyclic amines) is 1. The molecule has 21 heavy (non-hydrogen) atoms. The summed E-state index contributed by atoms with van der Waals surface area (Å²) in [6.07, 6.45) is 1.18. The third kappa shape index (κ3) is 2.69. The lowest BCUT2D eigenvalue weighted by Crippen LogP contribution is -2.41. The van der Waals surface area contributed by atoms with E-state index in [2.05, 4.69) is 0 Å². The topological polar surface area (TPSA) is 59.0 Å². The minimum absolute atomic E-state index is 0.0561. The van der Waals surface area contributed by atoms with Crippen molar-refractivity contribution in [3.05, 3.63) is 35.4 Å². The summed E-state index contributed by atoms with van der Waals surface area (Å²) in [5, 5.41) is 10.2. The SMILES string of the molecule is COCc1cccc(C(=O)N2C[C@H](O)[C@]3(CCCO3)C2)c1. The zero-order valence-electron chi connectivity index (χ0n) is 12.2. The Bertz CT molecular complexity index is 525. The number of amides is 1. The molecule has 0 aromatic heterocycles. The van der Waals surface area contributed by atoms with Gasteiger partial charge in [0.25, 0.3) is 5.91 Å². The van der Waals surface area contributed by atoms with Gasteiger partial charge < -0.3 is 19.5 Å². The Labute approximate surface area is 124 Å². The van der Waals surface area contributed by atoms with E-state index in [-0.39, 0.29) is 5.91 Å². The van der Waals surface area contributed by atoms with E-state index in [1.807, 2.05) is 18.2 Å². The number of hydrogen-bond donors (Lipinski definition) is 1. The number of nitrogens with zero attached hydrogens (tertiary/aromatic N) is 1. The van der Waals surface area contributed by atoms with Crippen molar-refractivity contribution >= 4 is 5.91 Å². The van der Waals surface area contributed by atoms with Gasteiger partial charge in [-0.25, -0.2) is 0 Å². The van der Waals surface area contributed by atoms with E-state index in [0.29, 0.717) is 31.9 Å². The van der Waals surface area contributed by atoms with Gasteiger partial charge in [-0.3, -0.25) is 4.79 Å². The maximum atomic E-state index is 12.6. The number of aliphatic hydroxyl groups is 1. The lowest BCUT2D eigenvalue weighted by molar-refractivity contribution is -0.0590. The number of β-amino-alcohol motifs (C(OH)–C–C–N with tert-alkyl or cyclic N) is 1. The molecule has 2 fully saturated rings. The molecule has 0 unspecified atom stereocenters. The van der Waals surface area contributed by atoms with Crippen LogP contribution in [0.2, 0.25) is 0 Å². The minimum Gasteiger partial charge on any atom is -0.388 e. The van der Waals surface area contributed by atoms with Gasteiger partial charge in [0.15, 0.2) is 0 Å². The van der Waals surface area contributed by atoms with Crippen molar-refractivity contribution in [3.8, 4) is 0 Å². The van der Waals surface area contributed by atoms with Crippen LogP contribution in [-0.4, -0.2) is 54.4 Å². The number of carbonyl (C=O) groups excluding carboxylic acids is 1. The van der Waals surface area contributed by atoms with E-state index in [0.717, 1.165) is 18.4 Å². The van der Waals surface area contributed by atoms with E-state index in [4.69, 9.17) is 9.47 Å². The number of ether oxygens (including phenoxy) is 2. The highest BCUT2D eigenvalue weighted by Gasteiger charge is 2.50. The van der Waals surface area contributed by atoms with E-state index >= 15 is 0 Å². The maximum absolute atomic E-state index is 12.6. The Balaban J connectivity index is 1.75. The first-order valence-corrected chi connectivity index (χ1v) is 7.34. The second-order valence-electron chi connectivity index (χ2n) is 5.85. The first kappa shape index (κ1) is 14.5. The Morgan fingerprint density at radius 1 is 1.57 bits per heavy atom. The molecule has 1 spiro atoms. The number of benzene rings is 1. The van der Waals surface area contributed by atoms with Crippen LogP contribution in [0.4, 0.5) is 0 Å². The summed E-state index contributed by atoms with van der Waals surface area (Å²) in [4.78, 5) is 14.3. The van der Waals surface area contributed by atoms with E-state index in [1.54, 1.807) is 18.1 Å². The van der Waals surface area contributed by atoms with Crippen molar-refractivity contribution < 1.29 is 19.4 Å². The Morgan fingerprint density at radius 3 is 3.14 bits per heavy atom. The fourth-order valence-electron chi connectivity index (χ4n) is 3.27. The molecule has 2 heterocycles. The lowest BCUT2D eigenvalue weighted by Gasteiger charge is -2.25. The van der Waals surface area contributed by atoms with Gasteiger partial charge in [0.2, 0.25) is 0 Å². The number of rotatable bonds is 3. The number of aliphatic hydroxyl groups excluding tert-OH is 1. The fraction of sp³-hybridized carbons (Fsp3) is 0.562. The van der Waals surface area contributed by atoms with E-state index < -0.39 is 11.7 Å². The van der Waals surface area contributed by atoms with Crippen molar-refractivity contribution in [2.75, 3.05) is 26.8 Å². The average Bonchev–Trinajstić information content (AvgIpc) is 3.08. The van der Waals surface area contributed by atoms with Crippen LogP contribution < -0.4 is 0 Å². The van der Waals surface area contributed by atoms with Crippen LogP contribution >= 0.6 is 0 Å². The smallest absolute Gasteiger partial charge is 0.254 e. The quantitative estimate of drug-likeness (QED) is 0.909. The summed E-state index contributed by atoms with van der Waals surface area (Å²) in [6, 6.07) is 7.43. The summed E-state index contributed by atoms with van der Waals surface area (Å²) in [7, 11) is 1.63. The van der Waals surface area contributed by atoms with E-state index in [9.17, 15) is 9.90 Å². The molecule has 5 heteroatoms. The van der Waals surface area contributed by atoms with Gasteiger partial charge in [-0.15, -0.1) is 0 Å². The van der Waals surface area contributed by atoms with Crippen molar-refractivity contribution in [1.82, 2.24) is 4.90 Å². The van der Waals surface area contributed by atoms with Gasteiger partial charge in [-0.1, -0.05) is 12.1 Å². The van der Waals surface area contributed by atoms with Crippen molar-refractivity contribution in [3.63, 3.8) is 0 Å². The highest BCUT2D eigenvalue weighted by Crippen LogP contribution is 2.35. The van der Waals surface area contributed by atoms with Gasteiger partial charge in [0, 0.05) is 25.8 Å². The second-order valence-corrected chi connectivity index (χ2v) is 5.85. The normalized spacial score (nSPS) is 28.5. The maximum Gasteiger partial charge on any atom is 0.254 e. The lowest BCUT2D eigenvalue weighted by atomic mass is 9.97. The van der Waals surface area contributed by atoms with Crippen molar-refractivity contribution in [1.29, 1.82) is 0 Å². The highest BCUT2D eigenvalue weighted by molar-refractivity contribution is 5.94. The predicted molar refractivity (Wildman–Crippen MR) is 77.0 cm³/mol. The van der Waals surface area contributed by atoms with Gasteiger partial charge in [-0.05, 0) is 30.5 Å². The molecule has 2 saturated heterocycles. The zero-order valence-corrected chi connectivity index (χ0v) is 12.2. The van der Waals surface area contributed by atoms with Crippen LogP contribution in [0, 0.1) is 0 Å². The average molecular weight is 291 g/mol. The van der Waals surface area contributed by atoms with Crippen molar-refractivity contribution in [2.24, 2.45) is 0 Å². The number of carbonyl (C=O) groups is 1. The highest BCUT2D eigenvalue weighted by atomic mass is 16.5. The molecule has 1 aromatic carbocycles. The molecule has 5 nitrogen and oxygen atoms in total. The molecule has 2 aliphatic heterocycles. The van der Waals surface area contributed by atoms with Crippen LogP contribution in [0.3, 0.4) is 0 Å². The fourth-order valence-corrected chi connectivity index (χ4v) is 3.27. The van der Waals surface area contributed by atoms with Crippen LogP contribution in [0.25, 0.3) is 0 Å². The second kappa shape index (κ2) is 5.75. The molecular weight excluding hydrogens is 270 g/mol. The Hall–Kier alpha value is -1.43. The first-order valence-electron chi connectivity index (χ1n) is 7.34. The zero-order chi connectivity index (χ0) is 14.9. The summed E-state index contributed by atoms with van der Waals surface area (Å²) >= 11 is 0. The largest absolute Gasteiger partial charge is 0.388 e. The molecule has 1 N–H and O–H groups in total. The number of methoxy groups -OCH3 is 1. The number of hydrogen-bond acceptors (Lipinski definition) is 4. The predicted octanol–water partition coefficient (Wildman–Crippen LogP) is 1.20. The molecular formula is C16H21NO4. The molecule has 2 aliphatic rings. The van der Waals surface area contributed by atoms with Gasteiger partial charge >= 0.3 is 0 Å². The molecule has 1 amide bonds. The van der Waals surface area contributed by atoms with Crippen LogP contribution in [0.5, 0.6) is 0 Å². The molecule has 1 aromatic rings. The Kier molecular flexibility index (Phi) is 3.97. The molecule has 0 aliphatic carbocycles. The third-order valence-electron chi connectivity index (χ3n) is 4.37. The van der Waals surface area contributed by atoms with Gasteiger partial charge in [0.05, 0.1) is 13.2 Å². The molecule has 114 valence electrons. The molecule has 0 radical (unpaired) electrons. The monoisotopic (exact) mass is 291 g/mol. The summed E-state index contributed by atoms with van der Waals surface area (Å²) < 4.78 is 10.8. The molecule has 3 rings (SSSR count). The summed E-state index contributed by atoms with van der Waals surface area (Å²) in [5.74, 6) is -0.0561. The molecule has 2 atom stereocenters. The molecule has 0 bridgehead atoms. The van der Waals surface area contributed by atoms with Crippen LogP contribution in [0.1, 0.15) is 28.8 Å². The first-order chi connectivity index (χ1) is 10.1. The van der Waals surface area contributed by atoms with E-state index in [1.165, 1.54) is 0 Å². The molecule has 0 saturated carbocycles. The Morgan fingerprint density at radius 2 is 2.43 bits per heavy atom. The summed E-state index contributed by atoms with van der Waals surface area (Å²) in [6.45, 7) is 1.97. The standard InChI is InChI=1S/C16H21NO4/c1-20-10-12-4-2-5-13(8-12)15(19)17-9-14(18)16(11-17)6-3-7-21-16/h2,4-5,8,14,18H,3,6-7,9-11H2,1H3/t14-,16-/m0/s1. The van der Waals surface area contributed by atoms with Gasteiger partial charge in [-0.2, -0.15) is 0 Å². The van der Waals surface area contributed by atoms with Crippen LogP contribution in [0.15, 0.2) is 24.3 Å². The van der Waals surface area contributed by atoms with Crippen LogP contribution in [-0.2, 0) is 16.1 Å². The van der Waals surface area contributed by atoms with Gasteiger partial charge in [0.1, 0.15) is 11.7 Å². The third-order valence-corrected chi connectivity index (χ3v) is 4.37. The summed E-state index contributed by atoms with van der Waals surface area (Å²) in [5.41, 5.74) is 1.06.